The van der Waals surface area contributed by atoms with Crippen LogP contribution >= 0.6 is 15.9 Å². The number of aromatic nitrogens is 2. The fourth-order valence-electron chi connectivity index (χ4n) is 1.65. The van der Waals surface area contributed by atoms with E-state index < -0.39 is 0 Å². The number of nitrogens with zero attached hydrogens (tertiary/aromatic N) is 2. The molecule has 2 heterocycles. The van der Waals surface area contributed by atoms with Crippen molar-refractivity contribution in [2.45, 2.75) is 18.9 Å². The Kier molecular flexibility index (Phi) is 3.75. The van der Waals surface area contributed by atoms with Crippen molar-refractivity contribution < 1.29 is 4.79 Å². The summed E-state index contributed by atoms with van der Waals surface area (Å²) in [5, 5.41) is 5.87. The fraction of sp³-hybridized carbons (Fsp3) is 0.444. The first-order valence-electron chi connectivity index (χ1n) is 5.23. The molecule has 92 valence electrons. The Morgan fingerprint density at radius 2 is 2.24 bits per heavy atom. The molecule has 1 aromatic heterocycles. The number of nitrogen functional groups attached to an aromatic ring is 1. The summed E-state index contributed by atoms with van der Waals surface area (Å²) < 4.78 is 0.612. The van der Waals surface area contributed by atoms with Crippen molar-refractivity contribution in [3.8, 4) is 0 Å². The topological polar surface area (TPSA) is 105 Å². The van der Waals surface area contributed by atoms with E-state index in [9.17, 15) is 4.79 Å². The van der Waals surface area contributed by atoms with Crippen LogP contribution in [0.3, 0.4) is 0 Å². The number of hydrazine groups is 1. The van der Waals surface area contributed by atoms with Gasteiger partial charge in [-0.25, -0.2) is 15.8 Å². The van der Waals surface area contributed by atoms with Gasteiger partial charge < -0.3 is 16.1 Å². The van der Waals surface area contributed by atoms with Crippen molar-refractivity contribution in [2.24, 2.45) is 5.84 Å². The Hall–Kier alpha value is -1.41. The summed E-state index contributed by atoms with van der Waals surface area (Å²) in [6.45, 7) is 0.734. The molecule has 1 aliphatic rings. The second-order valence-corrected chi connectivity index (χ2v) is 4.45. The third-order valence-electron chi connectivity index (χ3n) is 2.52. The highest BCUT2D eigenvalue weighted by Gasteiger charge is 2.23. The van der Waals surface area contributed by atoms with Gasteiger partial charge in [-0.2, -0.15) is 0 Å². The molecule has 17 heavy (non-hydrogen) atoms. The van der Waals surface area contributed by atoms with E-state index in [1.807, 2.05) is 0 Å². The highest BCUT2D eigenvalue weighted by Crippen LogP contribution is 2.26. The molecule has 1 unspecified atom stereocenters. The molecule has 1 fully saturated rings. The molecule has 0 aliphatic carbocycles. The summed E-state index contributed by atoms with van der Waals surface area (Å²) in [7, 11) is 0. The Morgan fingerprint density at radius 1 is 1.47 bits per heavy atom. The summed E-state index contributed by atoms with van der Waals surface area (Å²) in [6, 6.07) is -0.263. The number of carbonyl (C=O) groups is 1. The first kappa shape index (κ1) is 12.1. The molecule has 2 rings (SSSR count). The van der Waals surface area contributed by atoms with Crippen LogP contribution < -0.4 is 21.9 Å². The van der Waals surface area contributed by atoms with Gasteiger partial charge in [0, 0.05) is 6.54 Å². The van der Waals surface area contributed by atoms with Crippen molar-refractivity contribution in [2.75, 3.05) is 17.3 Å². The monoisotopic (exact) mass is 300 g/mol. The number of carbonyl (C=O) groups excluding carboxylic acids is 1. The standard InChI is InChI=1S/C9H13BrN6O/c10-6-7(13-4-14-8(6)16-11)15-5-2-1-3-12-9(5)17/h4-5H,1-3,11H2,(H,12,17)(H2,13,14,15,16). The van der Waals surface area contributed by atoms with Crippen molar-refractivity contribution >= 4 is 33.5 Å². The van der Waals surface area contributed by atoms with Crippen LogP contribution in [0.25, 0.3) is 0 Å². The summed E-state index contributed by atoms with van der Waals surface area (Å²) in [5.41, 5.74) is 2.45. The van der Waals surface area contributed by atoms with Crippen LogP contribution in [0.2, 0.25) is 0 Å². The first-order chi connectivity index (χ1) is 8.22. The van der Waals surface area contributed by atoms with Crippen LogP contribution in [0.5, 0.6) is 0 Å². The van der Waals surface area contributed by atoms with Crippen LogP contribution in [0.15, 0.2) is 10.8 Å². The number of anilines is 2. The molecule has 0 spiro atoms. The maximum Gasteiger partial charge on any atom is 0.242 e. The zero-order chi connectivity index (χ0) is 12.3. The number of rotatable bonds is 3. The smallest absolute Gasteiger partial charge is 0.242 e. The third-order valence-corrected chi connectivity index (χ3v) is 3.27. The van der Waals surface area contributed by atoms with E-state index in [2.05, 4.69) is 42.0 Å². The molecule has 0 aromatic carbocycles. The second kappa shape index (κ2) is 5.28. The molecular formula is C9H13BrN6O. The SMILES string of the molecule is NNc1ncnc(NC2CCCNC2=O)c1Br. The van der Waals surface area contributed by atoms with Gasteiger partial charge >= 0.3 is 0 Å². The molecule has 5 N–H and O–H groups in total. The zero-order valence-electron chi connectivity index (χ0n) is 9.03. The number of halogens is 1. The molecule has 7 nitrogen and oxygen atoms in total. The molecule has 1 aromatic rings. The molecule has 1 atom stereocenters. The van der Waals surface area contributed by atoms with E-state index in [-0.39, 0.29) is 11.9 Å². The van der Waals surface area contributed by atoms with Crippen LogP contribution in [0.1, 0.15) is 12.8 Å². The molecule has 1 amide bonds. The molecule has 0 radical (unpaired) electrons. The van der Waals surface area contributed by atoms with E-state index in [1.165, 1.54) is 6.33 Å². The molecule has 0 saturated carbocycles. The number of nitrogens with one attached hydrogen (secondary N) is 3. The average Bonchev–Trinajstić information content (AvgIpc) is 2.34. The predicted molar refractivity (Wildman–Crippen MR) is 67.2 cm³/mol. The van der Waals surface area contributed by atoms with Crippen LogP contribution in [-0.4, -0.2) is 28.5 Å². The van der Waals surface area contributed by atoms with Crippen molar-refractivity contribution in [1.82, 2.24) is 15.3 Å². The number of piperidine rings is 1. The lowest BCUT2D eigenvalue weighted by Gasteiger charge is -2.23. The summed E-state index contributed by atoms with van der Waals surface area (Å²) in [5.74, 6) is 6.31. The number of nitrogens with two attached hydrogens (primary N) is 1. The average molecular weight is 301 g/mol. The van der Waals surface area contributed by atoms with E-state index in [0.29, 0.717) is 16.1 Å². The number of hydrogen-bond acceptors (Lipinski definition) is 6. The maximum absolute atomic E-state index is 11.6. The van der Waals surface area contributed by atoms with Gasteiger partial charge in [0.05, 0.1) is 0 Å². The van der Waals surface area contributed by atoms with Crippen molar-refractivity contribution in [3.63, 3.8) is 0 Å². The normalized spacial score (nSPS) is 19.6. The molecule has 1 aliphatic heterocycles. The van der Waals surface area contributed by atoms with Crippen molar-refractivity contribution in [3.05, 3.63) is 10.8 Å². The lowest BCUT2D eigenvalue weighted by atomic mass is 10.1. The van der Waals surface area contributed by atoms with E-state index in [4.69, 9.17) is 5.84 Å². The molecule has 1 saturated heterocycles. The van der Waals surface area contributed by atoms with E-state index >= 15 is 0 Å². The molecule has 8 heteroatoms. The van der Waals surface area contributed by atoms with E-state index in [1.54, 1.807) is 0 Å². The van der Waals surface area contributed by atoms with Gasteiger partial charge in [0.1, 0.15) is 22.7 Å². The minimum Gasteiger partial charge on any atom is -0.357 e. The molecule has 0 bridgehead atoms. The first-order valence-corrected chi connectivity index (χ1v) is 6.03. The maximum atomic E-state index is 11.6. The highest BCUT2D eigenvalue weighted by molar-refractivity contribution is 9.10. The van der Waals surface area contributed by atoms with Gasteiger partial charge in [0.2, 0.25) is 5.91 Å². The predicted octanol–water partition coefficient (Wildman–Crippen LogP) is 0.215. The van der Waals surface area contributed by atoms with Crippen molar-refractivity contribution in [1.29, 1.82) is 0 Å². The number of amides is 1. The largest absolute Gasteiger partial charge is 0.357 e. The third kappa shape index (κ3) is 2.64. The van der Waals surface area contributed by atoms with Gasteiger partial charge in [0.25, 0.3) is 0 Å². The minimum absolute atomic E-state index is 0.0102. The Labute approximate surface area is 107 Å². The lowest BCUT2D eigenvalue weighted by molar-refractivity contribution is -0.123. The van der Waals surface area contributed by atoms with Gasteiger partial charge in [0.15, 0.2) is 5.82 Å². The fourth-order valence-corrected chi connectivity index (χ4v) is 2.08. The quantitative estimate of drug-likeness (QED) is 0.470. The summed E-state index contributed by atoms with van der Waals surface area (Å²) in [6.07, 6.45) is 3.12. The Bertz CT molecular complexity index is 426. The highest BCUT2D eigenvalue weighted by atomic mass is 79.9. The second-order valence-electron chi connectivity index (χ2n) is 3.66. The lowest BCUT2D eigenvalue weighted by Crippen LogP contribution is -2.44. The van der Waals surface area contributed by atoms with Gasteiger partial charge in [-0.05, 0) is 28.8 Å². The molecular weight excluding hydrogens is 288 g/mol. The summed E-state index contributed by atoms with van der Waals surface area (Å²) in [4.78, 5) is 19.6. The van der Waals surface area contributed by atoms with E-state index in [0.717, 1.165) is 19.4 Å². The number of hydrogen-bond donors (Lipinski definition) is 4. The Morgan fingerprint density at radius 3 is 2.94 bits per heavy atom. The summed E-state index contributed by atoms with van der Waals surface area (Å²) >= 11 is 3.33. The van der Waals surface area contributed by atoms with Crippen LogP contribution in [0.4, 0.5) is 11.6 Å². The minimum atomic E-state index is -0.263. The zero-order valence-corrected chi connectivity index (χ0v) is 10.6. The van der Waals surface area contributed by atoms with Gasteiger partial charge in [-0.1, -0.05) is 0 Å². The Balaban J connectivity index is 2.15. The van der Waals surface area contributed by atoms with Gasteiger partial charge in [-0.3, -0.25) is 4.79 Å². The van der Waals surface area contributed by atoms with Gasteiger partial charge in [-0.15, -0.1) is 0 Å². The van der Waals surface area contributed by atoms with Crippen LogP contribution in [-0.2, 0) is 4.79 Å². The van der Waals surface area contributed by atoms with Crippen LogP contribution in [0, 0.1) is 0 Å².